The number of nitrogens with one attached hydrogen (secondary N) is 1. The van der Waals surface area contributed by atoms with E-state index in [1.807, 2.05) is 12.2 Å². The summed E-state index contributed by atoms with van der Waals surface area (Å²) in [5.74, 6) is 0. The average molecular weight is 163 g/mol. The standard InChI is InChI=1S/C11H17N/c1-5-7-11(10(4)12)8-9(3)6-2/h5,7-8,12H,1,6H2,2-4H3/b9-8-,11-7+,12-10?. The number of allylic oxidation sites excluding steroid dienone is 5. The van der Waals surface area contributed by atoms with Crippen molar-refractivity contribution in [1.29, 1.82) is 5.41 Å². The van der Waals surface area contributed by atoms with Gasteiger partial charge in [0.05, 0.1) is 0 Å². The summed E-state index contributed by atoms with van der Waals surface area (Å²) in [6.45, 7) is 9.58. The van der Waals surface area contributed by atoms with Gasteiger partial charge in [0.1, 0.15) is 0 Å². The number of hydrogen-bond acceptors (Lipinski definition) is 1. The molecule has 0 atom stereocenters. The Balaban J connectivity index is 4.66. The number of rotatable bonds is 4. The Hall–Kier alpha value is -1.11. The summed E-state index contributed by atoms with van der Waals surface area (Å²) in [5.41, 5.74) is 2.82. The minimum atomic E-state index is 0.586. The Morgan fingerprint density at radius 2 is 2.00 bits per heavy atom. The Labute approximate surface area is 75.0 Å². The maximum atomic E-state index is 7.46. The van der Waals surface area contributed by atoms with Gasteiger partial charge in [0.15, 0.2) is 0 Å². The van der Waals surface area contributed by atoms with E-state index in [0.29, 0.717) is 5.71 Å². The lowest BCUT2D eigenvalue weighted by Gasteiger charge is -1.99. The molecule has 1 heteroatoms. The Kier molecular flexibility index (Phi) is 5.02. The lowest BCUT2D eigenvalue weighted by atomic mass is 10.1. The van der Waals surface area contributed by atoms with Crippen LogP contribution in [0.5, 0.6) is 0 Å². The molecule has 1 N–H and O–H groups in total. The summed E-state index contributed by atoms with van der Waals surface area (Å²) >= 11 is 0. The molecule has 66 valence electrons. The summed E-state index contributed by atoms with van der Waals surface area (Å²) < 4.78 is 0. The lowest BCUT2D eigenvalue weighted by Crippen LogP contribution is -1.92. The Morgan fingerprint density at radius 1 is 1.42 bits per heavy atom. The highest BCUT2D eigenvalue weighted by molar-refractivity contribution is 5.98. The zero-order chi connectivity index (χ0) is 9.56. The van der Waals surface area contributed by atoms with Crippen molar-refractivity contribution in [2.75, 3.05) is 0 Å². The second kappa shape index (κ2) is 5.53. The quantitative estimate of drug-likeness (QED) is 0.484. The first-order valence-electron chi connectivity index (χ1n) is 4.17. The van der Waals surface area contributed by atoms with Crippen molar-refractivity contribution < 1.29 is 0 Å². The van der Waals surface area contributed by atoms with Crippen LogP contribution in [0, 0.1) is 5.41 Å². The Morgan fingerprint density at radius 3 is 2.33 bits per heavy atom. The first kappa shape index (κ1) is 10.9. The van der Waals surface area contributed by atoms with Crippen molar-refractivity contribution in [2.45, 2.75) is 27.2 Å². The van der Waals surface area contributed by atoms with Crippen LogP contribution in [0.25, 0.3) is 0 Å². The van der Waals surface area contributed by atoms with E-state index in [1.54, 1.807) is 13.0 Å². The second-order valence-corrected chi connectivity index (χ2v) is 2.83. The van der Waals surface area contributed by atoms with E-state index in [2.05, 4.69) is 20.4 Å². The summed E-state index contributed by atoms with van der Waals surface area (Å²) in [7, 11) is 0. The van der Waals surface area contributed by atoms with Gasteiger partial charge in [0, 0.05) is 5.71 Å². The predicted molar refractivity (Wildman–Crippen MR) is 55.7 cm³/mol. The van der Waals surface area contributed by atoms with Crippen molar-refractivity contribution in [3.05, 3.63) is 36.0 Å². The van der Waals surface area contributed by atoms with Crippen LogP contribution in [0.15, 0.2) is 36.0 Å². The van der Waals surface area contributed by atoms with Gasteiger partial charge in [-0.15, -0.1) is 0 Å². The molecule has 0 rings (SSSR count). The van der Waals surface area contributed by atoms with Crippen LogP contribution in [-0.2, 0) is 0 Å². The zero-order valence-corrected chi connectivity index (χ0v) is 8.15. The SMILES string of the molecule is C=C/C=C(\C=C(\C)CC)C(C)=N. The molecule has 0 aliphatic carbocycles. The molecule has 12 heavy (non-hydrogen) atoms. The van der Waals surface area contributed by atoms with Gasteiger partial charge in [-0.05, 0) is 25.8 Å². The highest BCUT2D eigenvalue weighted by atomic mass is 14.4. The third kappa shape index (κ3) is 3.91. The van der Waals surface area contributed by atoms with Crippen LogP contribution in [0.2, 0.25) is 0 Å². The summed E-state index contributed by atoms with van der Waals surface area (Å²) in [6.07, 6.45) is 6.64. The van der Waals surface area contributed by atoms with E-state index < -0.39 is 0 Å². The van der Waals surface area contributed by atoms with Crippen molar-refractivity contribution >= 4 is 5.71 Å². The predicted octanol–water partition coefficient (Wildman–Crippen LogP) is 3.49. The van der Waals surface area contributed by atoms with Gasteiger partial charge < -0.3 is 5.41 Å². The number of hydrogen-bond donors (Lipinski definition) is 1. The molecular formula is C11H17N. The molecule has 0 saturated heterocycles. The zero-order valence-electron chi connectivity index (χ0n) is 8.15. The van der Waals surface area contributed by atoms with E-state index in [-0.39, 0.29) is 0 Å². The smallest absolute Gasteiger partial charge is 0.0355 e. The highest BCUT2D eigenvalue weighted by Crippen LogP contribution is 2.06. The molecule has 0 aromatic heterocycles. The van der Waals surface area contributed by atoms with E-state index >= 15 is 0 Å². The van der Waals surface area contributed by atoms with Crippen LogP contribution in [0.4, 0.5) is 0 Å². The highest BCUT2D eigenvalue weighted by Gasteiger charge is 1.94. The third-order valence-corrected chi connectivity index (χ3v) is 1.69. The van der Waals surface area contributed by atoms with Gasteiger partial charge in [0.2, 0.25) is 0 Å². The first-order valence-corrected chi connectivity index (χ1v) is 4.17. The van der Waals surface area contributed by atoms with E-state index in [9.17, 15) is 0 Å². The van der Waals surface area contributed by atoms with E-state index in [0.717, 1.165) is 12.0 Å². The summed E-state index contributed by atoms with van der Waals surface area (Å²) in [5, 5.41) is 7.46. The van der Waals surface area contributed by atoms with Gasteiger partial charge in [-0.2, -0.15) is 0 Å². The van der Waals surface area contributed by atoms with Crippen molar-refractivity contribution in [3.8, 4) is 0 Å². The van der Waals surface area contributed by atoms with Crippen LogP contribution in [0.3, 0.4) is 0 Å². The van der Waals surface area contributed by atoms with Crippen LogP contribution in [0.1, 0.15) is 27.2 Å². The van der Waals surface area contributed by atoms with Crippen LogP contribution in [-0.4, -0.2) is 5.71 Å². The topological polar surface area (TPSA) is 23.9 Å². The first-order chi connectivity index (χ1) is 5.61. The molecule has 0 aliphatic rings. The molecular weight excluding hydrogens is 146 g/mol. The largest absolute Gasteiger partial charge is 0.305 e. The summed E-state index contributed by atoms with van der Waals surface area (Å²) in [4.78, 5) is 0. The Bertz CT molecular complexity index is 231. The van der Waals surface area contributed by atoms with Crippen molar-refractivity contribution in [1.82, 2.24) is 0 Å². The molecule has 0 aromatic rings. The molecule has 0 unspecified atom stereocenters. The van der Waals surface area contributed by atoms with Gasteiger partial charge >= 0.3 is 0 Å². The van der Waals surface area contributed by atoms with Gasteiger partial charge in [-0.3, -0.25) is 0 Å². The minimum absolute atomic E-state index is 0.586. The fourth-order valence-corrected chi connectivity index (χ4v) is 0.776. The molecule has 0 saturated carbocycles. The molecule has 0 bridgehead atoms. The lowest BCUT2D eigenvalue weighted by molar-refractivity contribution is 1.10. The molecule has 0 radical (unpaired) electrons. The van der Waals surface area contributed by atoms with Gasteiger partial charge in [-0.25, -0.2) is 0 Å². The third-order valence-electron chi connectivity index (χ3n) is 1.69. The van der Waals surface area contributed by atoms with Crippen LogP contribution >= 0.6 is 0 Å². The molecule has 0 heterocycles. The minimum Gasteiger partial charge on any atom is -0.305 e. The van der Waals surface area contributed by atoms with Crippen molar-refractivity contribution in [2.24, 2.45) is 0 Å². The van der Waals surface area contributed by atoms with Crippen molar-refractivity contribution in [3.63, 3.8) is 0 Å². The molecule has 0 amide bonds. The van der Waals surface area contributed by atoms with E-state index in [4.69, 9.17) is 5.41 Å². The normalized spacial score (nSPS) is 12.9. The second-order valence-electron chi connectivity index (χ2n) is 2.83. The average Bonchev–Trinajstić information content (AvgIpc) is 2.03. The fraction of sp³-hybridized carbons (Fsp3) is 0.364. The van der Waals surface area contributed by atoms with Crippen LogP contribution < -0.4 is 0 Å². The van der Waals surface area contributed by atoms with Gasteiger partial charge in [-0.1, -0.05) is 37.3 Å². The molecule has 0 aliphatic heterocycles. The molecule has 0 aromatic carbocycles. The molecule has 0 spiro atoms. The van der Waals surface area contributed by atoms with E-state index in [1.165, 1.54) is 5.57 Å². The fourth-order valence-electron chi connectivity index (χ4n) is 0.776. The maximum absolute atomic E-state index is 7.46. The summed E-state index contributed by atoms with van der Waals surface area (Å²) in [6, 6.07) is 0. The monoisotopic (exact) mass is 163 g/mol. The molecule has 1 nitrogen and oxygen atoms in total. The van der Waals surface area contributed by atoms with Gasteiger partial charge in [0.25, 0.3) is 0 Å². The molecule has 0 fully saturated rings. The maximum Gasteiger partial charge on any atom is 0.0355 e.